The van der Waals surface area contributed by atoms with Crippen LogP contribution in [0.15, 0.2) is 82.3 Å². The summed E-state index contributed by atoms with van der Waals surface area (Å²) in [5, 5.41) is 12.5. The Kier molecular flexibility index (Phi) is 5.53. The van der Waals surface area contributed by atoms with E-state index in [0.29, 0.717) is 17.0 Å². The molecule has 0 aromatic heterocycles. The van der Waals surface area contributed by atoms with Gasteiger partial charge in [0.15, 0.2) is 0 Å². The van der Waals surface area contributed by atoms with Crippen molar-refractivity contribution in [3.8, 4) is 6.07 Å². The van der Waals surface area contributed by atoms with Gasteiger partial charge >= 0.3 is 0 Å². The van der Waals surface area contributed by atoms with E-state index in [1.165, 1.54) is 0 Å². The Morgan fingerprint density at radius 3 is 2.44 bits per heavy atom. The van der Waals surface area contributed by atoms with Crippen molar-refractivity contribution in [2.75, 3.05) is 11.6 Å². The van der Waals surface area contributed by atoms with Crippen LogP contribution in [0.1, 0.15) is 18.4 Å². The lowest BCUT2D eigenvalue weighted by molar-refractivity contribution is -0.113. The predicted octanol–water partition coefficient (Wildman–Crippen LogP) is 4.13. The van der Waals surface area contributed by atoms with Gasteiger partial charge in [-0.2, -0.15) is 5.26 Å². The number of amides is 1. The summed E-state index contributed by atoms with van der Waals surface area (Å²) in [5.74, 6) is -0.481. The van der Waals surface area contributed by atoms with Gasteiger partial charge in [-0.15, -0.1) is 11.8 Å². The lowest BCUT2D eigenvalue weighted by atomic mass is 9.82. The Morgan fingerprint density at radius 2 is 1.85 bits per heavy atom. The van der Waals surface area contributed by atoms with E-state index in [9.17, 15) is 10.1 Å². The molecule has 1 heterocycles. The number of benzene rings is 2. The fraction of sp³-hybridized carbons (Fsp3) is 0.143. The van der Waals surface area contributed by atoms with Crippen LogP contribution >= 0.6 is 11.8 Å². The number of nitriles is 1. The van der Waals surface area contributed by atoms with Crippen molar-refractivity contribution in [3.63, 3.8) is 0 Å². The van der Waals surface area contributed by atoms with Crippen molar-refractivity contribution in [1.29, 1.82) is 5.26 Å². The summed E-state index contributed by atoms with van der Waals surface area (Å²) in [6.07, 6.45) is 1.99. The number of anilines is 1. The lowest BCUT2D eigenvalue weighted by Gasteiger charge is -2.27. The molecule has 6 heteroatoms. The largest absolute Gasteiger partial charge is 0.445 e. The third kappa shape index (κ3) is 3.83. The third-order valence-corrected chi connectivity index (χ3v) is 5.07. The van der Waals surface area contributed by atoms with Crippen LogP contribution < -0.4 is 11.1 Å². The van der Waals surface area contributed by atoms with Crippen LogP contribution in [0, 0.1) is 11.3 Å². The Hall–Kier alpha value is -3.17. The topological polar surface area (TPSA) is 88.1 Å². The van der Waals surface area contributed by atoms with Gasteiger partial charge in [0.1, 0.15) is 17.4 Å². The molecule has 3 N–H and O–H groups in total. The third-order valence-electron chi connectivity index (χ3n) is 4.33. The number of nitrogens with zero attached hydrogens (tertiary/aromatic N) is 1. The summed E-state index contributed by atoms with van der Waals surface area (Å²) >= 11 is 1.62. The van der Waals surface area contributed by atoms with Crippen molar-refractivity contribution in [2.24, 2.45) is 5.73 Å². The van der Waals surface area contributed by atoms with Crippen LogP contribution in [0.4, 0.5) is 5.69 Å². The van der Waals surface area contributed by atoms with Gasteiger partial charge in [0, 0.05) is 10.6 Å². The molecule has 0 aliphatic carbocycles. The molecule has 5 nitrogen and oxygen atoms in total. The first-order chi connectivity index (χ1) is 13.0. The zero-order valence-corrected chi connectivity index (χ0v) is 15.8. The number of carbonyl (C=O) groups excluding carboxylic acids is 1. The van der Waals surface area contributed by atoms with E-state index < -0.39 is 5.92 Å². The van der Waals surface area contributed by atoms with E-state index in [-0.39, 0.29) is 17.4 Å². The van der Waals surface area contributed by atoms with Gasteiger partial charge in [0.05, 0.1) is 11.5 Å². The Morgan fingerprint density at radius 1 is 1.19 bits per heavy atom. The molecular weight excluding hydrogens is 358 g/mol. The normalized spacial score (nSPS) is 16.6. The molecule has 1 amide bonds. The fourth-order valence-corrected chi connectivity index (χ4v) is 3.43. The van der Waals surface area contributed by atoms with Gasteiger partial charge in [-0.25, -0.2) is 0 Å². The number of nitrogens with two attached hydrogens (primary N) is 1. The highest BCUT2D eigenvalue weighted by molar-refractivity contribution is 7.98. The molecule has 27 heavy (non-hydrogen) atoms. The molecule has 0 bridgehead atoms. The van der Waals surface area contributed by atoms with E-state index in [4.69, 9.17) is 10.5 Å². The highest BCUT2D eigenvalue weighted by Crippen LogP contribution is 2.39. The zero-order chi connectivity index (χ0) is 19.4. The number of carbonyl (C=O) groups is 1. The van der Waals surface area contributed by atoms with Crippen molar-refractivity contribution >= 4 is 23.4 Å². The van der Waals surface area contributed by atoms with E-state index >= 15 is 0 Å². The second kappa shape index (κ2) is 8.02. The smallest absolute Gasteiger partial charge is 0.255 e. The van der Waals surface area contributed by atoms with Crippen molar-refractivity contribution in [3.05, 3.63) is 82.9 Å². The number of hydrogen-bond acceptors (Lipinski definition) is 5. The van der Waals surface area contributed by atoms with Crippen molar-refractivity contribution in [1.82, 2.24) is 0 Å². The van der Waals surface area contributed by atoms with Crippen LogP contribution in [0.3, 0.4) is 0 Å². The van der Waals surface area contributed by atoms with Crippen molar-refractivity contribution < 1.29 is 9.53 Å². The average molecular weight is 377 g/mol. The monoisotopic (exact) mass is 377 g/mol. The molecule has 1 aliphatic rings. The molecule has 2 aromatic rings. The molecular formula is C21H19N3O2S. The second-order valence-corrected chi connectivity index (χ2v) is 6.87. The number of allylic oxidation sites excluding steroid dienone is 2. The molecule has 136 valence electrons. The van der Waals surface area contributed by atoms with Gasteiger partial charge < -0.3 is 15.8 Å². The first kappa shape index (κ1) is 18.6. The van der Waals surface area contributed by atoms with Crippen LogP contribution in [-0.2, 0) is 9.53 Å². The molecule has 0 fully saturated rings. The van der Waals surface area contributed by atoms with Crippen LogP contribution in [0.5, 0.6) is 0 Å². The minimum Gasteiger partial charge on any atom is -0.445 e. The van der Waals surface area contributed by atoms with E-state index in [2.05, 4.69) is 11.4 Å². The lowest BCUT2D eigenvalue weighted by Crippen LogP contribution is -2.27. The van der Waals surface area contributed by atoms with E-state index in [0.717, 1.165) is 10.5 Å². The van der Waals surface area contributed by atoms with E-state index in [1.54, 1.807) is 30.8 Å². The molecule has 0 spiro atoms. The van der Waals surface area contributed by atoms with E-state index in [1.807, 2.05) is 48.7 Å². The first-order valence-corrected chi connectivity index (χ1v) is 9.56. The second-order valence-electron chi connectivity index (χ2n) is 5.99. The molecule has 0 unspecified atom stereocenters. The first-order valence-electron chi connectivity index (χ1n) is 8.34. The Labute approximate surface area is 162 Å². The summed E-state index contributed by atoms with van der Waals surface area (Å²) in [6, 6.07) is 19.0. The molecule has 0 saturated carbocycles. The summed E-state index contributed by atoms with van der Waals surface area (Å²) in [7, 11) is 0. The number of rotatable bonds is 4. The summed E-state index contributed by atoms with van der Waals surface area (Å²) < 4.78 is 5.51. The Balaban J connectivity index is 2.04. The molecule has 0 radical (unpaired) electrons. The highest BCUT2D eigenvalue weighted by Gasteiger charge is 2.35. The van der Waals surface area contributed by atoms with Crippen LogP contribution in [0.25, 0.3) is 0 Å². The minimum absolute atomic E-state index is 0.0326. The Bertz CT molecular complexity index is 957. The van der Waals surface area contributed by atoms with Crippen molar-refractivity contribution in [2.45, 2.75) is 17.7 Å². The van der Waals surface area contributed by atoms with Gasteiger partial charge in [0.25, 0.3) is 5.91 Å². The molecule has 0 saturated heterocycles. The molecule has 1 atom stereocenters. The molecule has 2 aromatic carbocycles. The summed E-state index contributed by atoms with van der Waals surface area (Å²) in [6.45, 7) is 1.68. The molecule has 3 rings (SSSR count). The summed E-state index contributed by atoms with van der Waals surface area (Å²) in [4.78, 5) is 14.1. The van der Waals surface area contributed by atoms with Gasteiger partial charge in [0.2, 0.25) is 5.88 Å². The minimum atomic E-state index is -0.580. The predicted molar refractivity (Wildman–Crippen MR) is 107 cm³/mol. The van der Waals surface area contributed by atoms with Gasteiger partial charge in [-0.05, 0) is 43.0 Å². The maximum Gasteiger partial charge on any atom is 0.255 e. The summed E-state index contributed by atoms with van der Waals surface area (Å²) in [5.41, 5.74) is 8.03. The zero-order valence-electron chi connectivity index (χ0n) is 15.0. The maximum absolute atomic E-state index is 13.0. The maximum atomic E-state index is 13.0. The van der Waals surface area contributed by atoms with Gasteiger partial charge in [-0.3, -0.25) is 4.79 Å². The SMILES string of the molecule is CSc1ccc([C@@H]2C(C#N)=C(N)OC(C)=C2C(=O)Nc2ccccc2)cc1. The number of para-hydroxylation sites is 1. The number of thioether (sulfide) groups is 1. The standard InChI is InChI=1S/C21H19N3O2S/c1-13-18(21(25)24-15-6-4-3-5-7-15)19(17(12-22)20(23)26-13)14-8-10-16(27-2)11-9-14/h3-11,19H,23H2,1-2H3,(H,24,25)/t19-/m1/s1. The number of ether oxygens (including phenoxy) is 1. The highest BCUT2D eigenvalue weighted by atomic mass is 32.2. The number of hydrogen-bond donors (Lipinski definition) is 2. The van der Waals surface area contributed by atoms with Gasteiger partial charge in [-0.1, -0.05) is 30.3 Å². The number of nitrogens with one attached hydrogen (secondary N) is 1. The average Bonchev–Trinajstić information content (AvgIpc) is 2.68. The molecule has 1 aliphatic heterocycles. The quantitative estimate of drug-likeness (QED) is 0.782. The van der Waals surface area contributed by atoms with Crippen LogP contribution in [-0.4, -0.2) is 12.2 Å². The fourth-order valence-electron chi connectivity index (χ4n) is 3.02. The van der Waals surface area contributed by atoms with Crippen LogP contribution in [0.2, 0.25) is 0 Å².